The van der Waals surface area contributed by atoms with Gasteiger partial charge in [0.25, 0.3) is 0 Å². The Kier molecular flexibility index (Phi) is 6.75. The molecule has 0 aromatic heterocycles. The minimum atomic E-state index is -0.686. The molecule has 1 fully saturated rings. The van der Waals surface area contributed by atoms with Gasteiger partial charge < -0.3 is 14.2 Å². The summed E-state index contributed by atoms with van der Waals surface area (Å²) >= 11 is 0. The number of esters is 1. The summed E-state index contributed by atoms with van der Waals surface area (Å²) in [4.78, 5) is 11.9. The number of hydrogen-bond donors (Lipinski definition) is 1. The van der Waals surface area contributed by atoms with Crippen LogP contribution in [0, 0.1) is 0 Å². The van der Waals surface area contributed by atoms with E-state index in [4.69, 9.17) is 14.2 Å². The van der Waals surface area contributed by atoms with Gasteiger partial charge in [-0.05, 0) is 40.0 Å². The van der Waals surface area contributed by atoms with Crippen molar-refractivity contribution in [2.24, 2.45) is 0 Å². The van der Waals surface area contributed by atoms with Gasteiger partial charge in [-0.1, -0.05) is 0 Å². The molecule has 0 aromatic rings. The van der Waals surface area contributed by atoms with E-state index in [0.717, 1.165) is 26.1 Å². The Hall–Kier alpha value is -0.650. The van der Waals surface area contributed by atoms with Crippen LogP contribution >= 0.6 is 0 Å². The van der Waals surface area contributed by atoms with Gasteiger partial charge in [0.05, 0.1) is 13.2 Å². The third-order valence-corrected chi connectivity index (χ3v) is 3.37. The van der Waals surface area contributed by atoms with E-state index in [1.807, 2.05) is 20.8 Å². The Balaban J connectivity index is 2.41. The smallest absolute Gasteiger partial charge is 0.325 e. The molecule has 1 N–H and O–H groups in total. The predicted octanol–water partition coefficient (Wildman–Crippen LogP) is 1.50. The van der Waals surface area contributed by atoms with Gasteiger partial charge in [-0.2, -0.15) is 0 Å². The minimum Gasteiger partial charge on any atom is -0.468 e. The number of carbonyl (C=O) groups excluding carboxylic acids is 1. The zero-order valence-electron chi connectivity index (χ0n) is 12.5. The Labute approximate surface area is 116 Å². The monoisotopic (exact) mass is 273 g/mol. The van der Waals surface area contributed by atoms with Crippen molar-refractivity contribution >= 4 is 5.97 Å². The quantitative estimate of drug-likeness (QED) is 0.712. The standard InChI is InChI=1S/C14H27NO4/c1-11(2)15-14(3,13(16)17-4)7-10-19-12-5-8-18-9-6-12/h11-12,15H,5-10H2,1-4H3. The molecule has 5 nitrogen and oxygen atoms in total. The zero-order chi connectivity index (χ0) is 14.3. The molecule has 1 aliphatic rings. The molecule has 0 amide bonds. The Bertz CT molecular complexity index is 277. The van der Waals surface area contributed by atoms with Crippen molar-refractivity contribution in [3.63, 3.8) is 0 Å². The van der Waals surface area contributed by atoms with E-state index in [1.54, 1.807) is 0 Å². The first-order chi connectivity index (χ1) is 8.98. The van der Waals surface area contributed by atoms with Crippen LogP contribution in [0.15, 0.2) is 0 Å². The van der Waals surface area contributed by atoms with Gasteiger partial charge in [0.15, 0.2) is 0 Å². The zero-order valence-corrected chi connectivity index (χ0v) is 12.5. The van der Waals surface area contributed by atoms with Gasteiger partial charge in [-0.25, -0.2) is 0 Å². The lowest BCUT2D eigenvalue weighted by atomic mass is 9.97. The fraction of sp³-hybridized carbons (Fsp3) is 0.929. The van der Waals surface area contributed by atoms with Crippen LogP contribution in [0.25, 0.3) is 0 Å². The molecule has 1 saturated heterocycles. The van der Waals surface area contributed by atoms with Crippen LogP contribution in [0.2, 0.25) is 0 Å². The van der Waals surface area contributed by atoms with Crippen molar-refractivity contribution in [2.45, 2.75) is 57.7 Å². The van der Waals surface area contributed by atoms with Crippen LogP contribution in [0.5, 0.6) is 0 Å². The highest BCUT2D eigenvalue weighted by Crippen LogP contribution is 2.16. The van der Waals surface area contributed by atoms with E-state index in [0.29, 0.717) is 13.0 Å². The summed E-state index contributed by atoms with van der Waals surface area (Å²) in [5.74, 6) is -0.239. The molecule has 19 heavy (non-hydrogen) atoms. The van der Waals surface area contributed by atoms with Crippen molar-refractivity contribution < 1.29 is 19.0 Å². The first-order valence-electron chi connectivity index (χ1n) is 7.03. The summed E-state index contributed by atoms with van der Waals surface area (Å²) in [5.41, 5.74) is -0.686. The van der Waals surface area contributed by atoms with Crippen molar-refractivity contribution in [3.8, 4) is 0 Å². The number of hydrogen-bond acceptors (Lipinski definition) is 5. The van der Waals surface area contributed by atoms with Gasteiger partial charge in [0.1, 0.15) is 5.54 Å². The van der Waals surface area contributed by atoms with Crippen LogP contribution < -0.4 is 5.32 Å². The summed E-state index contributed by atoms with van der Waals surface area (Å²) in [6.45, 7) is 7.98. The fourth-order valence-corrected chi connectivity index (χ4v) is 2.37. The van der Waals surface area contributed by atoms with Crippen LogP contribution in [-0.4, -0.2) is 50.6 Å². The fourth-order valence-electron chi connectivity index (χ4n) is 2.37. The Morgan fingerprint density at radius 2 is 2.05 bits per heavy atom. The largest absolute Gasteiger partial charge is 0.468 e. The number of rotatable bonds is 7. The maximum Gasteiger partial charge on any atom is 0.325 e. The van der Waals surface area contributed by atoms with Gasteiger partial charge in [0.2, 0.25) is 0 Å². The molecular formula is C14H27NO4. The van der Waals surface area contributed by atoms with Gasteiger partial charge in [0, 0.05) is 25.9 Å². The number of carbonyl (C=O) groups is 1. The molecule has 0 aromatic carbocycles. The highest BCUT2D eigenvalue weighted by molar-refractivity contribution is 5.80. The van der Waals surface area contributed by atoms with E-state index in [2.05, 4.69) is 5.32 Å². The van der Waals surface area contributed by atoms with E-state index in [9.17, 15) is 4.79 Å². The summed E-state index contributed by atoms with van der Waals surface area (Å²) in [5, 5.41) is 3.27. The first kappa shape index (κ1) is 16.4. The third-order valence-electron chi connectivity index (χ3n) is 3.37. The van der Waals surface area contributed by atoms with Gasteiger partial charge >= 0.3 is 5.97 Å². The molecule has 5 heteroatoms. The molecule has 1 aliphatic heterocycles. The molecule has 1 unspecified atom stereocenters. The van der Waals surface area contributed by atoms with Crippen molar-refractivity contribution in [3.05, 3.63) is 0 Å². The van der Waals surface area contributed by atoms with E-state index in [-0.39, 0.29) is 18.1 Å². The van der Waals surface area contributed by atoms with Crippen LogP contribution in [0.1, 0.15) is 40.0 Å². The molecule has 0 radical (unpaired) electrons. The van der Waals surface area contributed by atoms with Crippen LogP contribution in [0.4, 0.5) is 0 Å². The maximum atomic E-state index is 11.9. The second-order valence-electron chi connectivity index (χ2n) is 5.56. The summed E-state index contributed by atoms with van der Waals surface area (Å²) in [7, 11) is 1.42. The van der Waals surface area contributed by atoms with E-state index < -0.39 is 5.54 Å². The average molecular weight is 273 g/mol. The minimum absolute atomic E-state index is 0.215. The molecule has 1 atom stereocenters. The Morgan fingerprint density at radius 3 is 2.58 bits per heavy atom. The normalized spacial score (nSPS) is 20.3. The molecule has 0 spiro atoms. The summed E-state index contributed by atoms with van der Waals surface area (Å²) in [6, 6.07) is 0.215. The molecule has 1 heterocycles. The predicted molar refractivity (Wildman–Crippen MR) is 73.1 cm³/mol. The third kappa shape index (κ3) is 5.47. The number of methoxy groups -OCH3 is 1. The lowest BCUT2D eigenvalue weighted by Crippen LogP contribution is -2.53. The van der Waals surface area contributed by atoms with Crippen LogP contribution in [0.3, 0.4) is 0 Å². The first-order valence-corrected chi connectivity index (χ1v) is 7.03. The molecule has 0 bridgehead atoms. The summed E-state index contributed by atoms with van der Waals surface area (Å²) in [6.07, 6.45) is 2.74. The SMILES string of the molecule is COC(=O)C(C)(CCOC1CCOCC1)NC(C)C. The van der Waals surface area contributed by atoms with Gasteiger partial charge in [-0.15, -0.1) is 0 Å². The lowest BCUT2D eigenvalue weighted by Gasteiger charge is -2.31. The molecule has 1 rings (SSSR count). The maximum absolute atomic E-state index is 11.9. The Morgan fingerprint density at radius 1 is 1.42 bits per heavy atom. The topological polar surface area (TPSA) is 56.8 Å². The average Bonchev–Trinajstić information content (AvgIpc) is 2.38. The second-order valence-corrected chi connectivity index (χ2v) is 5.56. The van der Waals surface area contributed by atoms with Crippen molar-refractivity contribution in [1.82, 2.24) is 5.32 Å². The molecule has 0 saturated carbocycles. The highest BCUT2D eigenvalue weighted by Gasteiger charge is 2.34. The van der Waals surface area contributed by atoms with Crippen molar-refractivity contribution in [2.75, 3.05) is 26.9 Å². The lowest BCUT2D eigenvalue weighted by molar-refractivity contribution is -0.149. The molecule has 112 valence electrons. The second kappa shape index (κ2) is 7.82. The molecule has 0 aliphatic carbocycles. The van der Waals surface area contributed by atoms with E-state index in [1.165, 1.54) is 7.11 Å². The molecular weight excluding hydrogens is 246 g/mol. The van der Waals surface area contributed by atoms with Crippen molar-refractivity contribution in [1.29, 1.82) is 0 Å². The number of nitrogens with one attached hydrogen (secondary N) is 1. The number of ether oxygens (including phenoxy) is 3. The summed E-state index contributed by atoms with van der Waals surface area (Å²) < 4.78 is 16.0. The highest BCUT2D eigenvalue weighted by atomic mass is 16.5. The van der Waals surface area contributed by atoms with Gasteiger partial charge in [-0.3, -0.25) is 10.1 Å². The van der Waals surface area contributed by atoms with E-state index >= 15 is 0 Å². The van der Waals surface area contributed by atoms with Crippen LogP contribution in [-0.2, 0) is 19.0 Å².